The number of halogens is 1. The average Bonchev–Trinajstić information content (AvgIpc) is 2.99. The first-order valence-electron chi connectivity index (χ1n) is 13.1. The molecule has 0 unspecified atom stereocenters. The molecule has 4 rings (SSSR count). The molecule has 7 nitrogen and oxygen atoms in total. The second-order valence-electron chi connectivity index (χ2n) is 9.57. The number of hydrogen-bond donors (Lipinski definition) is 1. The minimum atomic E-state index is -4.12. The second-order valence-corrected chi connectivity index (χ2v) is 12.3. The van der Waals surface area contributed by atoms with Crippen LogP contribution in [0.4, 0.5) is 5.69 Å². The van der Waals surface area contributed by atoms with Gasteiger partial charge in [0.05, 0.1) is 10.6 Å². The third-order valence-electron chi connectivity index (χ3n) is 6.84. The van der Waals surface area contributed by atoms with Gasteiger partial charge in [-0.3, -0.25) is 13.9 Å². The van der Waals surface area contributed by atoms with Gasteiger partial charge in [0.15, 0.2) is 0 Å². The van der Waals surface area contributed by atoms with Crippen molar-refractivity contribution in [3.05, 3.63) is 130 Å². The maximum Gasteiger partial charge on any atom is 0.264 e. The van der Waals surface area contributed by atoms with Crippen LogP contribution in [0.15, 0.2) is 119 Å². The number of likely N-dealkylation sites (N-methyl/N-ethyl adjacent to an activating group) is 1. The minimum Gasteiger partial charge on any atom is -0.357 e. The van der Waals surface area contributed by atoms with Crippen LogP contribution in [0.3, 0.4) is 0 Å². The molecule has 4 aromatic carbocycles. The van der Waals surface area contributed by atoms with Crippen molar-refractivity contribution in [3.8, 4) is 0 Å². The van der Waals surface area contributed by atoms with Crippen molar-refractivity contribution in [2.45, 2.75) is 30.8 Å². The van der Waals surface area contributed by atoms with Crippen LogP contribution in [0.25, 0.3) is 0 Å². The van der Waals surface area contributed by atoms with Gasteiger partial charge in [0, 0.05) is 24.5 Å². The Balaban J connectivity index is 1.78. The summed E-state index contributed by atoms with van der Waals surface area (Å²) < 4.78 is 29.7. The number of rotatable bonds is 11. The minimum absolute atomic E-state index is 0.0632. The summed E-state index contributed by atoms with van der Waals surface area (Å²) >= 11 is 3.39. The fourth-order valence-electron chi connectivity index (χ4n) is 4.55. The highest BCUT2D eigenvalue weighted by Gasteiger charge is 2.34. The highest BCUT2D eigenvalue weighted by atomic mass is 79.9. The third-order valence-corrected chi connectivity index (χ3v) is 9.16. The summed E-state index contributed by atoms with van der Waals surface area (Å²) in [6.45, 7) is 1.58. The molecule has 0 heterocycles. The van der Waals surface area contributed by atoms with E-state index in [4.69, 9.17) is 0 Å². The van der Waals surface area contributed by atoms with Crippen LogP contribution < -0.4 is 9.62 Å². The fraction of sp³-hybridized carbons (Fsp3) is 0.188. The molecule has 9 heteroatoms. The lowest BCUT2D eigenvalue weighted by molar-refractivity contribution is -0.139. The van der Waals surface area contributed by atoms with Crippen LogP contribution in [-0.2, 0) is 32.6 Å². The number of carbonyl (C=O) groups excluding carboxylic acids is 2. The number of nitrogens with one attached hydrogen (secondary N) is 1. The molecule has 41 heavy (non-hydrogen) atoms. The molecule has 0 aliphatic heterocycles. The molecule has 4 aromatic rings. The Hall–Kier alpha value is -3.95. The smallest absolute Gasteiger partial charge is 0.264 e. The quantitative estimate of drug-likeness (QED) is 0.242. The van der Waals surface area contributed by atoms with Gasteiger partial charge in [-0.15, -0.1) is 0 Å². The molecule has 1 N–H and O–H groups in total. The molecule has 2 amide bonds. The number of benzene rings is 4. The first kappa shape index (κ1) is 30.0. The highest BCUT2D eigenvalue weighted by Crippen LogP contribution is 2.26. The number of amides is 2. The Morgan fingerprint density at radius 3 is 2.02 bits per heavy atom. The zero-order chi connectivity index (χ0) is 29.4. The zero-order valence-electron chi connectivity index (χ0n) is 22.9. The van der Waals surface area contributed by atoms with Crippen molar-refractivity contribution in [3.63, 3.8) is 0 Å². The van der Waals surface area contributed by atoms with Crippen LogP contribution in [0.5, 0.6) is 0 Å². The topological polar surface area (TPSA) is 86.8 Å². The SMILES string of the molecule is CNC(=O)[C@@H](Cc1ccccc1)N(Cc1ccccc1C)C(=O)CN(c1ccc(Br)cc1)S(=O)(=O)c1ccccc1. The van der Waals surface area contributed by atoms with Gasteiger partial charge in [0.25, 0.3) is 10.0 Å². The first-order chi connectivity index (χ1) is 19.7. The Bertz CT molecular complexity index is 1580. The van der Waals surface area contributed by atoms with E-state index in [1.165, 1.54) is 24.1 Å². The number of nitrogens with zero attached hydrogens (tertiary/aromatic N) is 2. The fourth-order valence-corrected chi connectivity index (χ4v) is 6.25. The molecular formula is C32H32BrN3O4S. The second kappa shape index (κ2) is 13.6. The van der Waals surface area contributed by atoms with E-state index in [9.17, 15) is 18.0 Å². The third kappa shape index (κ3) is 7.42. The molecule has 0 saturated heterocycles. The van der Waals surface area contributed by atoms with Crippen molar-refractivity contribution in [1.29, 1.82) is 0 Å². The lowest BCUT2D eigenvalue weighted by Gasteiger charge is -2.34. The van der Waals surface area contributed by atoms with E-state index < -0.39 is 28.5 Å². The Morgan fingerprint density at radius 1 is 0.829 bits per heavy atom. The highest BCUT2D eigenvalue weighted by molar-refractivity contribution is 9.10. The van der Waals surface area contributed by atoms with E-state index in [-0.39, 0.29) is 23.8 Å². The van der Waals surface area contributed by atoms with Gasteiger partial charge in [-0.1, -0.05) is 88.7 Å². The molecule has 0 fully saturated rings. The van der Waals surface area contributed by atoms with E-state index in [0.717, 1.165) is 25.5 Å². The molecule has 0 aliphatic carbocycles. The Kier molecular flexibility index (Phi) is 9.96. The summed E-state index contributed by atoms with van der Waals surface area (Å²) in [6, 6.07) is 31.0. The van der Waals surface area contributed by atoms with Crippen LogP contribution in [0, 0.1) is 6.92 Å². The predicted molar refractivity (Wildman–Crippen MR) is 165 cm³/mol. The van der Waals surface area contributed by atoms with Gasteiger partial charge < -0.3 is 10.2 Å². The molecule has 0 bridgehead atoms. The lowest BCUT2D eigenvalue weighted by atomic mass is 10.0. The zero-order valence-corrected chi connectivity index (χ0v) is 25.3. The predicted octanol–water partition coefficient (Wildman–Crippen LogP) is 5.34. The molecule has 212 valence electrons. The van der Waals surface area contributed by atoms with Crippen LogP contribution in [0.1, 0.15) is 16.7 Å². The van der Waals surface area contributed by atoms with Gasteiger partial charge >= 0.3 is 0 Å². The lowest BCUT2D eigenvalue weighted by Crippen LogP contribution is -2.53. The monoisotopic (exact) mass is 633 g/mol. The number of aryl methyl sites for hydroxylation is 1. The molecule has 0 radical (unpaired) electrons. The maximum absolute atomic E-state index is 14.3. The van der Waals surface area contributed by atoms with E-state index in [0.29, 0.717) is 5.69 Å². The van der Waals surface area contributed by atoms with Crippen molar-refractivity contribution in [2.24, 2.45) is 0 Å². The van der Waals surface area contributed by atoms with E-state index in [1.807, 2.05) is 61.5 Å². The van der Waals surface area contributed by atoms with Crippen molar-refractivity contribution in [1.82, 2.24) is 10.2 Å². The summed E-state index contributed by atoms with van der Waals surface area (Å²) in [5, 5.41) is 2.70. The van der Waals surface area contributed by atoms with Crippen molar-refractivity contribution in [2.75, 3.05) is 17.9 Å². The number of sulfonamides is 1. The molecule has 0 aliphatic rings. The largest absolute Gasteiger partial charge is 0.357 e. The Labute approximate surface area is 250 Å². The van der Waals surface area contributed by atoms with Crippen molar-refractivity contribution < 1.29 is 18.0 Å². The van der Waals surface area contributed by atoms with E-state index >= 15 is 0 Å². The molecular weight excluding hydrogens is 602 g/mol. The maximum atomic E-state index is 14.3. The molecule has 1 atom stereocenters. The molecule has 0 spiro atoms. The standard InChI is InChI=1S/C32H32BrN3O4S/c1-24-11-9-10-14-26(24)22-35(30(32(38)34-2)21-25-12-5-3-6-13-25)31(37)23-36(28-19-17-27(33)18-20-28)41(39,40)29-15-7-4-8-16-29/h3-20,30H,21-23H2,1-2H3,(H,34,38)/t30-/m1/s1. The van der Waals surface area contributed by atoms with Gasteiger partial charge in [-0.2, -0.15) is 0 Å². The summed E-state index contributed by atoms with van der Waals surface area (Å²) in [6.07, 6.45) is 0.266. The van der Waals surface area contributed by atoms with E-state index in [2.05, 4.69) is 21.2 Å². The number of hydrogen-bond acceptors (Lipinski definition) is 4. The summed E-state index contributed by atoms with van der Waals surface area (Å²) in [5.74, 6) is -0.836. The number of carbonyl (C=O) groups is 2. The Morgan fingerprint density at radius 2 is 1.41 bits per heavy atom. The summed E-state index contributed by atoms with van der Waals surface area (Å²) in [4.78, 5) is 29.1. The normalized spacial score (nSPS) is 11.9. The summed E-state index contributed by atoms with van der Waals surface area (Å²) in [7, 11) is -2.58. The van der Waals surface area contributed by atoms with Crippen LogP contribution >= 0.6 is 15.9 Å². The first-order valence-corrected chi connectivity index (χ1v) is 15.4. The van der Waals surface area contributed by atoms with E-state index in [1.54, 1.807) is 42.5 Å². The molecule has 0 aromatic heterocycles. The van der Waals surface area contributed by atoms with Crippen molar-refractivity contribution >= 4 is 43.5 Å². The summed E-state index contributed by atoms with van der Waals surface area (Å²) in [5.41, 5.74) is 3.04. The van der Waals surface area contributed by atoms with Crippen LogP contribution in [0.2, 0.25) is 0 Å². The van der Waals surface area contributed by atoms with Gasteiger partial charge in [0.1, 0.15) is 12.6 Å². The van der Waals surface area contributed by atoms with Crippen LogP contribution in [-0.4, -0.2) is 44.8 Å². The molecule has 0 saturated carbocycles. The van der Waals surface area contributed by atoms with Gasteiger partial charge in [-0.25, -0.2) is 8.42 Å². The van der Waals surface area contributed by atoms with Gasteiger partial charge in [-0.05, 0) is 60.0 Å². The number of anilines is 1. The van der Waals surface area contributed by atoms with Gasteiger partial charge in [0.2, 0.25) is 11.8 Å². The average molecular weight is 635 g/mol.